The Bertz CT molecular complexity index is 1080. The lowest BCUT2D eigenvalue weighted by Crippen LogP contribution is -2.65. The number of para-hydroxylation sites is 1. The van der Waals surface area contributed by atoms with Crippen LogP contribution >= 0.6 is 0 Å². The van der Waals surface area contributed by atoms with Gasteiger partial charge in [0.2, 0.25) is 6.10 Å². The molecule has 3 aliphatic carbocycles. The van der Waals surface area contributed by atoms with Gasteiger partial charge in [-0.1, -0.05) is 45.0 Å². The Balaban J connectivity index is 1.26. The first-order chi connectivity index (χ1) is 17.3. The summed E-state index contributed by atoms with van der Waals surface area (Å²) in [7, 11) is -0.584. The van der Waals surface area contributed by atoms with Gasteiger partial charge in [-0.15, -0.1) is 13.2 Å². The molecule has 1 saturated heterocycles. The van der Waals surface area contributed by atoms with Crippen LogP contribution in [0.25, 0.3) is 0 Å². The molecule has 4 fully saturated rings. The third-order valence-corrected chi connectivity index (χ3v) is 8.74. The lowest BCUT2D eigenvalue weighted by molar-refractivity contribution is -0.274. The fraction of sp³-hybridized carbons (Fsp3) is 0.692. The van der Waals surface area contributed by atoms with Gasteiger partial charge in [-0.05, 0) is 61.5 Å². The summed E-state index contributed by atoms with van der Waals surface area (Å²) in [6, 6.07) is 5.68. The first-order valence-corrected chi connectivity index (χ1v) is 13.0. The van der Waals surface area contributed by atoms with E-state index in [-0.39, 0.29) is 40.9 Å². The van der Waals surface area contributed by atoms with Crippen LogP contribution in [0.1, 0.15) is 65.9 Å². The van der Waals surface area contributed by atoms with Crippen LogP contribution < -0.4 is 10.1 Å². The van der Waals surface area contributed by atoms with E-state index in [0.29, 0.717) is 18.3 Å². The Morgan fingerprint density at radius 2 is 1.97 bits per heavy atom. The number of rotatable bonds is 7. The van der Waals surface area contributed by atoms with Crippen LogP contribution in [0.3, 0.4) is 0 Å². The number of carbonyl (C=O) groups excluding carboxylic acids is 1. The van der Waals surface area contributed by atoms with Crippen molar-refractivity contribution in [3.8, 4) is 5.75 Å². The average molecular weight is 522 g/mol. The lowest BCUT2D eigenvalue weighted by atomic mass is 9.43. The van der Waals surface area contributed by atoms with E-state index in [1.807, 2.05) is 0 Å². The van der Waals surface area contributed by atoms with Crippen molar-refractivity contribution >= 4 is 18.7 Å². The fourth-order valence-corrected chi connectivity index (χ4v) is 6.69. The molecule has 2 bridgehead atoms. The summed E-state index contributed by atoms with van der Waals surface area (Å²) >= 11 is 0. The third-order valence-electron chi connectivity index (χ3n) is 8.74. The molecule has 37 heavy (non-hydrogen) atoms. The van der Waals surface area contributed by atoms with Crippen molar-refractivity contribution in [2.24, 2.45) is 28.3 Å². The molecule has 1 aromatic carbocycles. The Labute approximate surface area is 215 Å². The Kier molecular flexibility index (Phi) is 6.54. The molecule has 11 heteroatoms. The Morgan fingerprint density at radius 3 is 2.65 bits per heavy atom. The number of nitrogens with zero attached hydrogens (tertiary/aromatic N) is 1. The van der Waals surface area contributed by atoms with E-state index in [1.54, 1.807) is 6.07 Å². The Hall–Kier alpha value is -2.27. The molecule has 0 radical (unpaired) electrons. The number of alkyl halides is 3. The maximum absolute atomic E-state index is 13.2. The van der Waals surface area contributed by atoms with E-state index in [2.05, 4.69) is 49.8 Å². The van der Waals surface area contributed by atoms with E-state index in [9.17, 15) is 18.0 Å². The van der Waals surface area contributed by atoms with E-state index < -0.39 is 37.0 Å². The molecule has 1 amide bonds. The van der Waals surface area contributed by atoms with E-state index in [1.165, 1.54) is 18.2 Å². The molecule has 0 spiro atoms. The van der Waals surface area contributed by atoms with E-state index >= 15 is 0 Å². The van der Waals surface area contributed by atoms with Gasteiger partial charge in [0.15, 0.2) is 0 Å². The van der Waals surface area contributed by atoms with Crippen LogP contribution in [-0.2, 0) is 18.9 Å². The monoisotopic (exact) mass is 522 g/mol. The molecule has 1 unspecified atom stereocenters. The molecule has 6 rings (SSSR count). The summed E-state index contributed by atoms with van der Waals surface area (Å²) in [5.41, 5.74) is 0.160. The molecule has 2 heterocycles. The number of oxime groups is 1. The summed E-state index contributed by atoms with van der Waals surface area (Å²) in [4.78, 5) is 18.6. The van der Waals surface area contributed by atoms with E-state index in [4.69, 9.17) is 14.1 Å². The van der Waals surface area contributed by atoms with Gasteiger partial charge in [0.25, 0.3) is 5.91 Å². The standard InChI is InChI=1S/C26H34BF3N2O5/c1-14(2)10-22(27-35-21-12-15-11-20(24(15,3)4)25(21,5)37-27)31-23(33)19-13-17(32-36-19)16-8-6-7-9-18(16)34-26(28,29)30/h6-9,14-15,19-22H,10-13H2,1-5H3,(H,31,33)/t15-,19?,20-,21+,22-,25-/m0/s1. The number of hydrogen-bond acceptors (Lipinski definition) is 6. The molecule has 7 nitrogen and oxygen atoms in total. The molecule has 1 N–H and O–H groups in total. The zero-order valence-electron chi connectivity index (χ0n) is 21.8. The predicted octanol–water partition coefficient (Wildman–Crippen LogP) is 4.88. The fourth-order valence-electron chi connectivity index (χ4n) is 6.69. The maximum Gasteiger partial charge on any atom is 0.573 e. The molecule has 202 valence electrons. The van der Waals surface area contributed by atoms with Crippen molar-refractivity contribution in [3.05, 3.63) is 29.8 Å². The van der Waals surface area contributed by atoms with E-state index in [0.717, 1.165) is 12.8 Å². The third kappa shape index (κ3) is 4.85. The number of ether oxygens (including phenoxy) is 1. The van der Waals surface area contributed by atoms with Gasteiger partial charge < -0.3 is 24.2 Å². The second-order valence-corrected chi connectivity index (χ2v) is 12.0. The first-order valence-electron chi connectivity index (χ1n) is 13.0. The van der Waals surface area contributed by atoms with Crippen molar-refractivity contribution in [1.29, 1.82) is 0 Å². The lowest BCUT2D eigenvalue weighted by Gasteiger charge is -2.64. The minimum atomic E-state index is -4.85. The minimum absolute atomic E-state index is 0.0105. The van der Waals surface area contributed by atoms with Gasteiger partial charge in [0, 0.05) is 12.0 Å². The van der Waals surface area contributed by atoms with Crippen molar-refractivity contribution < 1.29 is 36.8 Å². The molecule has 6 atom stereocenters. The van der Waals surface area contributed by atoms with Crippen LogP contribution in [0.4, 0.5) is 13.2 Å². The zero-order chi connectivity index (χ0) is 26.8. The number of halogens is 3. The number of amides is 1. The maximum atomic E-state index is 13.2. The van der Waals surface area contributed by atoms with Gasteiger partial charge in [-0.2, -0.15) is 0 Å². The summed E-state index contributed by atoms with van der Waals surface area (Å²) in [6.07, 6.45) is -3.10. The summed E-state index contributed by atoms with van der Waals surface area (Å²) < 4.78 is 55.6. The largest absolute Gasteiger partial charge is 0.573 e. The average Bonchev–Trinajstić information content (AvgIpc) is 3.41. The molecule has 3 saturated carbocycles. The highest BCUT2D eigenvalue weighted by molar-refractivity contribution is 6.48. The summed E-state index contributed by atoms with van der Waals surface area (Å²) in [6.45, 7) is 10.9. The summed E-state index contributed by atoms with van der Waals surface area (Å²) in [5, 5.41) is 6.95. The van der Waals surface area contributed by atoms with Crippen molar-refractivity contribution in [2.75, 3.05) is 0 Å². The van der Waals surface area contributed by atoms with Gasteiger partial charge in [-0.25, -0.2) is 0 Å². The zero-order valence-corrected chi connectivity index (χ0v) is 21.8. The summed E-state index contributed by atoms with van der Waals surface area (Å²) in [5.74, 6) is 0.0842. The second kappa shape index (κ2) is 9.19. The van der Waals surface area contributed by atoms with Crippen LogP contribution in [0.2, 0.25) is 0 Å². The molecule has 2 aliphatic heterocycles. The van der Waals surface area contributed by atoms with Gasteiger partial charge in [0.1, 0.15) is 5.75 Å². The van der Waals surface area contributed by atoms with Gasteiger partial charge >= 0.3 is 13.5 Å². The normalized spacial score (nSPS) is 32.8. The quantitative estimate of drug-likeness (QED) is 0.517. The second-order valence-electron chi connectivity index (χ2n) is 12.0. The molecule has 1 aromatic rings. The number of carbonyl (C=O) groups is 1. The first kappa shape index (κ1) is 26.3. The highest BCUT2D eigenvalue weighted by Gasteiger charge is 2.68. The number of hydrogen-bond donors (Lipinski definition) is 1. The minimum Gasteiger partial charge on any atom is -0.405 e. The van der Waals surface area contributed by atoms with Crippen LogP contribution in [0.5, 0.6) is 5.75 Å². The molecule has 0 aromatic heterocycles. The molecular formula is C26H34BF3N2O5. The van der Waals surface area contributed by atoms with Crippen LogP contribution in [0.15, 0.2) is 29.4 Å². The SMILES string of the molecule is CC(C)C[C@H](NC(=O)C1CC(c2ccccc2OC(F)(F)F)=NO1)B1O[C@@H]2C[C@@H]3C[C@@H](C3(C)C)[C@]2(C)O1. The van der Waals surface area contributed by atoms with Crippen LogP contribution in [0, 0.1) is 23.2 Å². The van der Waals surface area contributed by atoms with Gasteiger partial charge in [-0.3, -0.25) is 4.79 Å². The molecule has 5 aliphatic rings. The number of benzene rings is 1. The van der Waals surface area contributed by atoms with Gasteiger partial charge in [0.05, 0.1) is 23.4 Å². The van der Waals surface area contributed by atoms with Crippen molar-refractivity contribution in [2.45, 2.75) is 90.4 Å². The Morgan fingerprint density at radius 1 is 1.24 bits per heavy atom. The predicted molar refractivity (Wildman–Crippen MR) is 131 cm³/mol. The highest BCUT2D eigenvalue weighted by atomic mass is 19.4. The van der Waals surface area contributed by atoms with Crippen molar-refractivity contribution in [3.63, 3.8) is 0 Å². The van der Waals surface area contributed by atoms with Crippen molar-refractivity contribution in [1.82, 2.24) is 5.32 Å². The van der Waals surface area contributed by atoms with Crippen LogP contribution in [-0.4, -0.2) is 48.8 Å². The number of nitrogens with one attached hydrogen (secondary N) is 1. The highest BCUT2D eigenvalue weighted by Crippen LogP contribution is 2.65. The topological polar surface area (TPSA) is 78.4 Å². The molecular weight excluding hydrogens is 488 g/mol. The smallest absolute Gasteiger partial charge is 0.405 e.